The van der Waals surface area contributed by atoms with Crippen molar-refractivity contribution in [3.05, 3.63) is 53.6 Å². The number of carbonyl (C=O) groups is 2. The average Bonchev–Trinajstić information content (AvgIpc) is 3.23. The number of carbonyl (C=O) groups excluding carboxylic acids is 2. The zero-order chi connectivity index (χ0) is 21.7. The van der Waals surface area contributed by atoms with Crippen molar-refractivity contribution >= 4 is 21.7 Å². The van der Waals surface area contributed by atoms with Crippen LogP contribution in [0, 0.1) is 0 Å². The van der Waals surface area contributed by atoms with Crippen LogP contribution in [-0.2, 0) is 25.9 Å². The Labute approximate surface area is 175 Å². The summed E-state index contributed by atoms with van der Waals surface area (Å²) in [6, 6.07) is 11.2. The van der Waals surface area contributed by atoms with E-state index in [9.17, 15) is 18.0 Å². The Kier molecular flexibility index (Phi) is 6.61. The monoisotopic (exact) mass is 433 g/mol. The number of rotatable bonds is 8. The molecule has 0 spiro atoms. The van der Waals surface area contributed by atoms with E-state index >= 15 is 0 Å². The van der Waals surface area contributed by atoms with Gasteiger partial charge in [-0.2, -0.15) is 0 Å². The largest absolute Gasteiger partial charge is 0.454 e. The highest BCUT2D eigenvalue weighted by atomic mass is 32.2. The molecule has 0 radical (unpaired) electrons. The molecular weight excluding hydrogens is 410 g/mol. The molecule has 0 atom stereocenters. The molecule has 9 heteroatoms. The van der Waals surface area contributed by atoms with Gasteiger partial charge in [-0.05, 0) is 36.8 Å². The summed E-state index contributed by atoms with van der Waals surface area (Å²) in [5.41, 5.74) is 0.770. The summed E-state index contributed by atoms with van der Waals surface area (Å²) in [6.07, 6.45) is 0. The van der Waals surface area contributed by atoms with Crippen LogP contribution in [0.3, 0.4) is 0 Å². The number of benzene rings is 2. The van der Waals surface area contributed by atoms with Gasteiger partial charge in [-0.1, -0.05) is 25.1 Å². The molecule has 30 heavy (non-hydrogen) atoms. The topological polar surface area (TPSA) is 99.2 Å². The molecule has 3 rings (SSSR count). The van der Waals surface area contributed by atoms with Crippen LogP contribution in [0.1, 0.15) is 29.8 Å². The third kappa shape index (κ3) is 4.73. The Balaban J connectivity index is 1.65. The van der Waals surface area contributed by atoms with Crippen molar-refractivity contribution < 1.29 is 32.2 Å². The highest BCUT2D eigenvalue weighted by Gasteiger charge is 2.23. The molecule has 1 heterocycles. The lowest BCUT2D eigenvalue weighted by molar-refractivity contribution is -0.134. The Bertz CT molecular complexity index is 1050. The second kappa shape index (κ2) is 9.17. The number of esters is 1. The van der Waals surface area contributed by atoms with E-state index < -0.39 is 22.4 Å². The summed E-state index contributed by atoms with van der Waals surface area (Å²) in [4.78, 5) is 26.4. The van der Waals surface area contributed by atoms with Crippen molar-refractivity contribution in [3.8, 4) is 11.5 Å². The smallest absolute Gasteiger partial charge is 0.339 e. The van der Waals surface area contributed by atoms with Gasteiger partial charge in [0, 0.05) is 13.1 Å². The maximum absolute atomic E-state index is 12.6. The first-order valence-electron chi connectivity index (χ1n) is 9.51. The molecule has 0 bridgehead atoms. The third-order valence-electron chi connectivity index (χ3n) is 4.69. The minimum atomic E-state index is -3.60. The molecule has 1 aliphatic rings. The summed E-state index contributed by atoms with van der Waals surface area (Å²) in [6.45, 7) is 3.71. The van der Waals surface area contributed by atoms with Gasteiger partial charge >= 0.3 is 5.97 Å². The summed E-state index contributed by atoms with van der Waals surface area (Å²) < 4.78 is 40.2. The molecule has 160 valence electrons. The fourth-order valence-electron chi connectivity index (χ4n) is 2.99. The van der Waals surface area contributed by atoms with E-state index in [-0.39, 0.29) is 28.9 Å². The zero-order valence-electron chi connectivity index (χ0n) is 16.8. The van der Waals surface area contributed by atoms with Crippen LogP contribution in [0.15, 0.2) is 47.4 Å². The fraction of sp³-hybridized carbons (Fsp3) is 0.333. The van der Waals surface area contributed by atoms with Crippen molar-refractivity contribution in [1.82, 2.24) is 4.90 Å². The van der Waals surface area contributed by atoms with E-state index in [0.717, 1.165) is 5.56 Å². The molecule has 0 saturated heterocycles. The van der Waals surface area contributed by atoms with Crippen molar-refractivity contribution in [2.45, 2.75) is 25.3 Å². The van der Waals surface area contributed by atoms with Crippen LogP contribution < -0.4 is 9.47 Å². The van der Waals surface area contributed by atoms with Gasteiger partial charge in [0.05, 0.1) is 16.2 Å². The van der Waals surface area contributed by atoms with Gasteiger partial charge in [-0.3, -0.25) is 4.79 Å². The Morgan fingerprint density at radius 1 is 1.07 bits per heavy atom. The minimum Gasteiger partial charge on any atom is -0.454 e. The number of amides is 1. The summed E-state index contributed by atoms with van der Waals surface area (Å²) in [5.74, 6) is -0.108. The minimum absolute atomic E-state index is 0.0778. The van der Waals surface area contributed by atoms with E-state index in [1.54, 1.807) is 18.2 Å². The van der Waals surface area contributed by atoms with Gasteiger partial charge in [0.15, 0.2) is 27.9 Å². The van der Waals surface area contributed by atoms with Gasteiger partial charge < -0.3 is 19.1 Å². The summed E-state index contributed by atoms with van der Waals surface area (Å²) >= 11 is 0. The quantitative estimate of drug-likeness (QED) is 0.590. The van der Waals surface area contributed by atoms with Crippen LogP contribution in [0.2, 0.25) is 0 Å². The molecule has 1 amide bonds. The Morgan fingerprint density at radius 2 is 1.80 bits per heavy atom. The standard InChI is InChI=1S/C21H23NO7S/c1-3-22(12-15-9-10-17-18(11-15)29-14-28-17)20(23)13-27-21(24)16-7-5-6-8-19(16)30(25,26)4-2/h5-11H,3-4,12-14H2,1-2H3. The highest BCUT2D eigenvalue weighted by Crippen LogP contribution is 2.32. The molecule has 0 aliphatic carbocycles. The first-order valence-corrected chi connectivity index (χ1v) is 11.2. The van der Waals surface area contributed by atoms with Crippen LogP contribution in [0.4, 0.5) is 0 Å². The summed E-state index contributed by atoms with van der Waals surface area (Å²) in [7, 11) is -3.60. The van der Waals surface area contributed by atoms with Crippen molar-refractivity contribution in [3.63, 3.8) is 0 Å². The number of hydrogen-bond acceptors (Lipinski definition) is 7. The lowest BCUT2D eigenvalue weighted by Crippen LogP contribution is -2.34. The SMILES string of the molecule is CCN(Cc1ccc2c(c1)OCO2)C(=O)COC(=O)c1ccccc1S(=O)(=O)CC. The molecule has 0 fully saturated rings. The second-order valence-corrected chi connectivity index (χ2v) is 8.82. The first-order chi connectivity index (χ1) is 14.4. The maximum atomic E-state index is 12.6. The maximum Gasteiger partial charge on any atom is 0.339 e. The molecule has 0 aromatic heterocycles. The van der Waals surface area contributed by atoms with Crippen LogP contribution >= 0.6 is 0 Å². The van der Waals surface area contributed by atoms with Crippen LogP contribution in [-0.4, -0.2) is 50.9 Å². The van der Waals surface area contributed by atoms with Gasteiger partial charge in [0.1, 0.15) is 0 Å². The fourth-order valence-corrected chi connectivity index (χ4v) is 4.08. The molecule has 0 unspecified atom stereocenters. The number of hydrogen-bond donors (Lipinski definition) is 0. The third-order valence-corrected chi connectivity index (χ3v) is 6.48. The lowest BCUT2D eigenvalue weighted by atomic mass is 10.2. The molecule has 0 saturated carbocycles. The predicted molar refractivity (Wildman–Crippen MR) is 108 cm³/mol. The number of sulfone groups is 1. The van der Waals surface area contributed by atoms with Gasteiger partial charge in [0.2, 0.25) is 6.79 Å². The Hall–Kier alpha value is -3.07. The van der Waals surface area contributed by atoms with Crippen molar-refractivity contribution in [2.75, 3.05) is 25.7 Å². The molecule has 0 N–H and O–H groups in total. The number of likely N-dealkylation sites (N-methyl/N-ethyl adjacent to an activating group) is 1. The highest BCUT2D eigenvalue weighted by molar-refractivity contribution is 7.91. The molecule has 1 aliphatic heterocycles. The van der Waals surface area contributed by atoms with E-state index in [1.807, 2.05) is 13.0 Å². The van der Waals surface area contributed by atoms with Crippen molar-refractivity contribution in [1.29, 1.82) is 0 Å². The van der Waals surface area contributed by atoms with Gasteiger partial charge in [-0.25, -0.2) is 13.2 Å². The van der Waals surface area contributed by atoms with E-state index in [0.29, 0.717) is 24.6 Å². The van der Waals surface area contributed by atoms with E-state index in [1.165, 1.54) is 30.0 Å². The van der Waals surface area contributed by atoms with Crippen LogP contribution in [0.25, 0.3) is 0 Å². The zero-order valence-corrected chi connectivity index (χ0v) is 17.6. The first kappa shape index (κ1) is 21.6. The normalized spacial score (nSPS) is 12.5. The Morgan fingerprint density at radius 3 is 2.53 bits per heavy atom. The van der Waals surface area contributed by atoms with E-state index in [2.05, 4.69) is 0 Å². The number of nitrogens with zero attached hydrogens (tertiary/aromatic N) is 1. The molecular formula is C21H23NO7S. The summed E-state index contributed by atoms with van der Waals surface area (Å²) in [5, 5.41) is 0. The molecule has 2 aromatic carbocycles. The van der Waals surface area contributed by atoms with Crippen molar-refractivity contribution in [2.24, 2.45) is 0 Å². The molecule has 8 nitrogen and oxygen atoms in total. The molecule has 2 aromatic rings. The predicted octanol–water partition coefficient (Wildman–Crippen LogP) is 2.41. The van der Waals surface area contributed by atoms with E-state index in [4.69, 9.17) is 14.2 Å². The van der Waals surface area contributed by atoms with Gasteiger partial charge in [-0.15, -0.1) is 0 Å². The average molecular weight is 433 g/mol. The lowest BCUT2D eigenvalue weighted by Gasteiger charge is -2.21. The number of ether oxygens (including phenoxy) is 3. The van der Waals surface area contributed by atoms with Crippen LogP contribution in [0.5, 0.6) is 11.5 Å². The second-order valence-electron chi connectivity index (χ2n) is 6.57. The van der Waals surface area contributed by atoms with Gasteiger partial charge in [0.25, 0.3) is 5.91 Å². The number of fused-ring (bicyclic) bond motifs is 1.